The molecule has 0 unspecified atom stereocenters. The lowest BCUT2D eigenvalue weighted by molar-refractivity contribution is -0.0217. The van der Waals surface area contributed by atoms with Crippen LogP contribution >= 0.6 is 0 Å². The largest absolute Gasteiger partial charge is 0.355 e. The van der Waals surface area contributed by atoms with E-state index in [2.05, 4.69) is 38.3 Å². The van der Waals surface area contributed by atoms with Crippen LogP contribution < -0.4 is 10.6 Å². The Labute approximate surface area is 223 Å². The highest BCUT2D eigenvalue weighted by molar-refractivity contribution is 5.94. The number of benzene rings is 2. The molecule has 0 radical (unpaired) electrons. The Morgan fingerprint density at radius 2 is 1.50 bits per heavy atom. The van der Waals surface area contributed by atoms with Gasteiger partial charge in [-0.25, -0.2) is 0 Å². The molecule has 1 spiro atoms. The van der Waals surface area contributed by atoms with Crippen LogP contribution in [-0.2, 0) is 25.2 Å². The minimum Gasteiger partial charge on any atom is -0.355 e. The number of nitrogens with one attached hydrogen (secondary N) is 2. The molecular formula is C30H35N5O3. The number of aromatic nitrogens is 1. The SMILES string of the molecule is CNC(=O)c1ccc(CNC(=O)c2ccc3n2CCN(Cc2ccc(C(=O)N(C)C)cc2)C32CCC2)cc1. The smallest absolute Gasteiger partial charge is 0.268 e. The van der Waals surface area contributed by atoms with Crippen molar-refractivity contribution in [3.63, 3.8) is 0 Å². The van der Waals surface area contributed by atoms with Crippen LogP contribution in [0.15, 0.2) is 60.7 Å². The van der Waals surface area contributed by atoms with Crippen molar-refractivity contribution in [3.8, 4) is 0 Å². The van der Waals surface area contributed by atoms with Crippen LogP contribution in [0.1, 0.15) is 67.3 Å². The van der Waals surface area contributed by atoms with E-state index in [1.54, 1.807) is 38.2 Å². The van der Waals surface area contributed by atoms with Gasteiger partial charge in [-0.2, -0.15) is 0 Å². The van der Waals surface area contributed by atoms with Crippen LogP contribution in [0.3, 0.4) is 0 Å². The highest BCUT2D eigenvalue weighted by atomic mass is 16.2. The molecule has 1 aliphatic carbocycles. The van der Waals surface area contributed by atoms with Crippen molar-refractivity contribution in [3.05, 3.63) is 94.3 Å². The molecule has 0 bridgehead atoms. The first-order valence-electron chi connectivity index (χ1n) is 13.2. The molecule has 0 saturated heterocycles. The number of hydrogen-bond donors (Lipinski definition) is 2. The normalized spacial score (nSPS) is 15.9. The van der Waals surface area contributed by atoms with Gasteiger partial charge in [0.1, 0.15) is 5.69 Å². The minimum atomic E-state index is -0.129. The predicted molar refractivity (Wildman–Crippen MR) is 146 cm³/mol. The fourth-order valence-electron chi connectivity index (χ4n) is 5.65. The highest BCUT2D eigenvalue weighted by Gasteiger charge is 2.48. The summed E-state index contributed by atoms with van der Waals surface area (Å²) < 4.78 is 2.19. The summed E-state index contributed by atoms with van der Waals surface area (Å²) in [6.07, 6.45) is 3.32. The van der Waals surface area contributed by atoms with E-state index in [1.807, 2.05) is 30.3 Å². The van der Waals surface area contributed by atoms with E-state index in [-0.39, 0.29) is 23.3 Å². The van der Waals surface area contributed by atoms with Gasteiger partial charge < -0.3 is 20.1 Å². The number of nitrogens with zero attached hydrogens (tertiary/aromatic N) is 3. The van der Waals surface area contributed by atoms with Crippen LogP contribution in [0.2, 0.25) is 0 Å². The lowest BCUT2D eigenvalue weighted by atomic mass is 9.71. The summed E-state index contributed by atoms with van der Waals surface area (Å²) in [6.45, 7) is 2.83. The number of hydrogen-bond acceptors (Lipinski definition) is 4. The maximum atomic E-state index is 13.2. The lowest BCUT2D eigenvalue weighted by Gasteiger charge is -2.53. The van der Waals surface area contributed by atoms with Gasteiger partial charge in [-0.1, -0.05) is 24.3 Å². The summed E-state index contributed by atoms with van der Waals surface area (Å²) in [5.74, 6) is -0.207. The average Bonchev–Trinajstić information content (AvgIpc) is 3.35. The molecular weight excluding hydrogens is 478 g/mol. The van der Waals surface area contributed by atoms with Crippen LogP contribution in [0.4, 0.5) is 0 Å². The molecule has 8 nitrogen and oxygen atoms in total. The van der Waals surface area contributed by atoms with Crippen LogP contribution in [-0.4, -0.2) is 59.8 Å². The summed E-state index contributed by atoms with van der Waals surface area (Å²) >= 11 is 0. The van der Waals surface area contributed by atoms with Crippen molar-refractivity contribution >= 4 is 17.7 Å². The third-order valence-corrected chi connectivity index (χ3v) is 7.95. The molecule has 1 aromatic heterocycles. The second-order valence-corrected chi connectivity index (χ2v) is 10.4. The first kappa shape index (κ1) is 25.7. The maximum absolute atomic E-state index is 13.2. The Morgan fingerprint density at radius 1 is 0.842 bits per heavy atom. The maximum Gasteiger partial charge on any atom is 0.268 e. The third kappa shape index (κ3) is 4.72. The highest BCUT2D eigenvalue weighted by Crippen LogP contribution is 2.49. The van der Waals surface area contributed by atoms with Crippen LogP contribution in [0.5, 0.6) is 0 Å². The molecule has 1 aliphatic heterocycles. The Balaban J connectivity index is 1.27. The molecule has 2 heterocycles. The summed E-state index contributed by atoms with van der Waals surface area (Å²) in [6, 6.07) is 19.3. The minimum absolute atomic E-state index is 0.00882. The predicted octanol–water partition coefficient (Wildman–Crippen LogP) is 3.37. The molecule has 3 aromatic rings. The van der Waals surface area contributed by atoms with Crippen LogP contribution in [0.25, 0.3) is 0 Å². The number of amides is 3. The molecule has 2 N–H and O–H groups in total. The molecule has 8 heteroatoms. The summed E-state index contributed by atoms with van der Waals surface area (Å²) in [7, 11) is 5.13. The zero-order valence-electron chi connectivity index (χ0n) is 22.3. The first-order valence-corrected chi connectivity index (χ1v) is 13.2. The molecule has 0 atom stereocenters. The zero-order chi connectivity index (χ0) is 26.9. The van der Waals surface area contributed by atoms with E-state index in [1.165, 1.54) is 17.7 Å². The van der Waals surface area contributed by atoms with E-state index in [4.69, 9.17) is 0 Å². The topological polar surface area (TPSA) is 86.7 Å². The van der Waals surface area contributed by atoms with E-state index in [0.717, 1.165) is 38.0 Å². The zero-order valence-corrected chi connectivity index (χ0v) is 22.3. The Morgan fingerprint density at radius 3 is 2.11 bits per heavy atom. The van der Waals surface area contributed by atoms with Crippen molar-refractivity contribution in [1.29, 1.82) is 0 Å². The number of fused-ring (bicyclic) bond motifs is 2. The van der Waals surface area contributed by atoms with Gasteiger partial charge in [-0.3, -0.25) is 19.3 Å². The number of carbonyl (C=O) groups excluding carboxylic acids is 3. The van der Waals surface area contributed by atoms with Crippen molar-refractivity contribution in [2.45, 2.75) is 44.4 Å². The molecule has 38 heavy (non-hydrogen) atoms. The number of carbonyl (C=O) groups is 3. The van der Waals surface area contributed by atoms with Gasteiger partial charge in [0.15, 0.2) is 0 Å². The second kappa shape index (κ2) is 10.5. The fraction of sp³-hybridized carbons (Fsp3) is 0.367. The van der Waals surface area contributed by atoms with Crippen LogP contribution in [0, 0.1) is 0 Å². The van der Waals surface area contributed by atoms with E-state index in [9.17, 15) is 14.4 Å². The van der Waals surface area contributed by atoms with Crippen molar-refractivity contribution in [1.82, 2.24) is 25.0 Å². The lowest BCUT2D eigenvalue weighted by Crippen LogP contribution is -2.56. The van der Waals surface area contributed by atoms with E-state index < -0.39 is 0 Å². The summed E-state index contributed by atoms with van der Waals surface area (Å²) in [4.78, 5) is 41.3. The van der Waals surface area contributed by atoms with Gasteiger partial charge in [0.05, 0.1) is 5.54 Å². The standard InChI is InChI=1S/C30H35N5O3/c1-31-27(36)23-9-5-21(6-10-23)19-32-28(37)25-13-14-26-30(15-4-16-30)34(17-18-35(25)26)20-22-7-11-24(12-8-22)29(38)33(2)3/h5-14H,4,15-20H2,1-3H3,(H,31,36)(H,32,37). The molecule has 2 aromatic carbocycles. The molecule has 198 valence electrons. The average molecular weight is 514 g/mol. The van der Waals surface area contributed by atoms with Crippen molar-refractivity contribution < 1.29 is 14.4 Å². The van der Waals surface area contributed by atoms with Gasteiger partial charge in [0.2, 0.25) is 0 Å². The Bertz CT molecular complexity index is 1340. The van der Waals surface area contributed by atoms with Gasteiger partial charge in [0, 0.05) is 64.1 Å². The molecule has 2 aliphatic rings. The molecule has 1 saturated carbocycles. The van der Waals surface area contributed by atoms with Gasteiger partial charge in [0.25, 0.3) is 17.7 Å². The number of rotatable bonds is 7. The summed E-state index contributed by atoms with van der Waals surface area (Å²) in [5.41, 5.74) is 5.28. The molecule has 5 rings (SSSR count). The summed E-state index contributed by atoms with van der Waals surface area (Å²) in [5, 5.41) is 5.66. The van der Waals surface area contributed by atoms with Gasteiger partial charge in [-0.15, -0.1) is 0 Å². The van der Waals surface area contributed by atoms with E-state index in [0.29, 0.717) is 23.4 Å². The first-order chi connectivity index (χ1) is 18.3. The monoisotopic (exact) mass is 513 g/mol. The van der Waals surface area contributed by atoms with E-state index >= 15 is 0 Å². The molecule has 3 amide bonds. The second-order valence-electron chi connectivity index (χ2n) is 10.4. The van der Waals surface area contributed by atoms with Gasteiger partial charge >= 0.3 is 0 Å². The van der Waals surface area contributed by atoms with Crippen molar-refractivity contribution in [2.24, 2.45) is 0 Å². The Kier molecular flexibility index (Phi) is 7.08. The third-order valence-electron chi connectivity index (χ3n) is 7.95. The van der Waals surface area contributed by atoms with Gasteiger partial charge in [-0.05, 0) is 66.8 Å². The fourth-order valence-corrected chi connectivity index (χ4v) is 5.65. The quantitative estimate of drug-likeness (QED) is 0.507. The Hall–Kier alpha value is -3.91. The van der Waals surface area contributed by atoms with Crippen molar-refractivity contribution in [2.75, 3.05) is 27.7 Å². The molecule has 1 fully saturated rings.